The fraction of sp³-hybridized carbons (Fsp3) is 0.0909. The lowest BCUT2D eigenvalue weighted by molar-refractivity contribution is 0.0976. The van der Waals surface area contributed by atoms with Crippen molar-refractivity contribution in [3.63, 3.8) is 0 Å². The fourth-order valence-electron chi connectivity index (χ4n) is 4.81. The van der Waals surface area contributed by atoms with E-state index in [0.29, 0.717) is 34.7 Å². The highest BCUT2D eigenvalue weighted by atomic mass is 35.5. The van der Waals surface area contributed by atoms with Crippen LogP contribution in [0, 0.1) is 0 Å². The predicted molar refractivity (Wildman–Crippen MR) is 157 cm³/mol. The molecule has 0 heterocycles. The van der Waals surface area contributed by atoms with E-state index in [1.54, 1.807) is 54.6 Å². The highest BCUT2D eigenvalue weighted by Crippen LogP contribution is 2.53. The normalized spacial score (nSPS) is 11.8. The standard InChI is InChI=1S/C33H28ClO5P/c34-32-27(23-25-19-21-30(22-20-25)38-24-26-11-4-1-5-12-26)13-10-18-31(32)33(39-40(35,36)37,28-14-6-2-7-15-28)29-16-8-3-9-17-29/h1-22H,23-24H2,(H2,35,36,37). The van der Waals surface area contributed by atoms with Gasteiger partial charge in [-0.05, 0) is 46.4 Å². The van der Waals surface area contributed by atoms with Crippen molar-refractivity contribution in [2.45, 2.75) is 18.6 Å². The minimum atomic E-state index is -4.99. The summed E-state index contributed by atoms with van der Waals surface area (Å²) < 4.78 is 24.1. The summed E-state index contributed by atoms with van der Waals surface area (Å²) in [6, 6.07) is 41.3. The van der Waals surface area contributed by atoms with Gasteiger partial charge in [0.15, 0.2) is 5.60 Å². The SMILES string of the molecule is O=P(O)(O)OC(c1ccccc1)(c1ccccc1)c1cccc(Cc2ccc(OCc3ccccc3)cc2)c1Cl. The second-order valence-electron chi connectivity index (χ2n) is 9.37. The van der Waals surface area contributed by atoms with Gasteiger partial charge >= 0.3 is 7.82 Å². The van der Waals surface area contributed by atoms with E-state index in [9.17, 15) is 14.4 Å². The van der Waals surface area contributed by atoms with Crippen LogP contribution in [0.5, 0.6) is 5.75 Å². The van der Waals surface area contributed by atoms with Gasteiger partial charge in [0.25, 0.3) is 0 Å². The van der Waals surface area contributed by atoms with E-state index in [2.05, 4.69) is 0 Å². The number of hydrogen-bond donors (Lipinski definition) is 2. The molecule has 7 heteroatoms. The van der Waals surface area contributed by atoms with Crippen LogP contribution in [0.15, 0.2) is 133 Å². The van der Waals surface area contributed by atoms with E-state index >= 15 is 0 Å². The first-order chi connectivity index (χ1) is 19.3. The zero-order chi connectivity index (χ0) is 28.0. The van der Waals surface area contributed by atoms with E-state index in [4.69, 9.17) is 20.9 Å². The average molecular weight is 571 g/mol. The predicted octanol–water partition coefficient (Wildman–Crippen LogP) is 7.91. The maximum Gasteiger partial charge on any atom is 0.471 e. The third-order valence-electron chi connectivity index (χ3n) is 6.64. The minimum Gasteiger partial charge on any atom is -0.489 e. The summed E-state index contributed by atoms with van der Waals surface area (Å²) in [5, 5.41) is 0.369. The van der Waals surface area contributed by atoms with Crippen molar-refractivity contribution >= 4 is 19.4 Å². The Kier molecular flexibility index (Phi) is 8.51. The lowest BCUT2D eigenvalue weighted by atomic mass is 9.79. The second-order valence-corrected chi connectivity index (χ2v) is 10.9. The second kappa shape index (κ2) is 12.2. The Bertz CT molecular complexity index is 1550. The molecule has 0 aliphatic carbocycles. The van der Waals surface area contributed by atoms with Gasteiger partial charge in [0.1, 0.15) is 12.4 Å². The summed E-state index contributed by atoms with van der Waals surface area (Å²) in [6.45, 7) is 0.481. The van der Waals surface area contributed by atoms with Gasteiger partial charge in [-0.15, -0.1) is 0 Å². The Labute approximate surface area is 238 Å². The summed E-state index contributed by atoms with van der Waals surface area (Å²) in [6.07, 6.45) is 0.501. The van der Waals surface area contributed by atoms with Crippen LogP contribution in [0.25, 0.3) is 0 Å². The number of phosphoric ester groups is 1. The quantitative estimate of drug-likeness (QED) is 0.132. The molecule has 5 nitrogen and oxygen atoms in total. The molecule has 0 fully saturated rings. The molecule has 0 spiro atoms. The van der Waals surface area contributed by atoms with Crippen molar-refractivity contribution in [3.8, 4) is 5.75 Å². The Hall–Kier alpha value is -3.70. The first-order valence-electron chi connectivity index (χ1n) is 12.8. The van der Waals surface area contributed by atoms with Gasteiger partial charge in [-0.25, -0.2) is 4.57 Å². The Morgan fingerprint density at radius 1 is 0.650 bits per heavy atom. The monoisotopic (exact) mass is 570 g/mol. The molecule has 0 radical (unpaired) electrons. The van der Waals surface area contributed by atoms with Crippen molar-refractivity contribution in [1.29, 1.82) is 0 Å². The molecule has 0 saturated carbocycles. The number of halogens is 1. The molecule has 0 bridgehead atoms. The zero-order valence-corrected chi connectivity index (χ0v) is 23.2. The lowest BCUT2D eigenvalue weighted by Crippen LogP contribution is -2.32. The smallest absolute Gasteiger partial charge is 0.471 e. The molecule has 40 heavy (non-hydrogen) atoms. The minimum absolute atomic E-state index is 0.369. The summed E-state index contributed by atoms with van der Waals surface area (Å²) >= 11 is 7.06. The summed E-state index contributed by atoms with van der Waals surface area (Å²) in [5.74, 6) is 0.759. The molecular formula is C33H28ClO5P. The Balaban J connectivity index is 1.51. The highest BCUT2D eigenvalue weighted by molar-refractivity contribution is 7.46. The summed E-state index contributed by atoms with van der Waals surface area (Å²) in [5.41, 5.74) is 2.77. The number of benzene rings is 5. The van der Waals surface area contributed by atoms with Crippen molar-refractivity contribution < 1.29 is 23.6 Å². The van der Waals surface area contributed by atoms with Gasteiger partial charge in [0.05, 0.1) is 5.02 Å². The molecule has 5 aromatic rings. The zero-order valence-electron chi connectivity index (χ0n) is 21.6. The molecule has 5 rings (SSSR count). The van der Waals surface area contributed by atoms with Crippen molar-refractivity contribution in [1.82, 2.24) is 0 Å². The maximum absolute atomic E-state index is 12.4. The first kappa shape index (κ1) is 27.9. The molecule has 0 aliphatic heterocycles. The molecule has 0 aromatic heterocycles. The van der Waals surface area contributed by atoms with Crippen LogP contribution in [-0.4, -0.2) is 9.79 Å². The molecule has 2 N–H and O–H groups in total. The number of rotatable bonds is 10. The van der Waals surface area contributed by atoms with E-state index in [-0.39, 0.29) is 0 Å². The van der Waals surface area contributed by atoms with Crippen LogP contribution in [-0.2, 0) is 27.7 Å². The largest absolute Gasteiger partial charge is 0.489 e. The van der Waals surface area contributed by atoms with Crippen LogP contribution < -0.4 is 4.74 Å². The van der Waals surface area contributed by atoms with Gasteiger partial charge in [-0.3, -0.25) is 4.52 Å². The number of ether oxygens (including phenoxy) is 1. The molecule has 0 atom stereocenters. The molecule has 0 amide bonds. The van der Waals surface area contributed by atoms with Crippen molar-refractivity contribution in [3.05, 3.63) is 172 Å². The third-order valence-corrected chi connectivity index (χ3v) is 7.60. The average Bonchev–Trinajstić information content (AvgIpc) is 2.98. The van der Waals surface area contributed by atoms with Crippen LogP contribution in [0.3, 0.4) is 0 Å². The van der Waals surface area contributed by atoms with Crippen LogP contribution in [0.4, 0.5) is 0 Å². The topological polar surface area (TPSA) is 76.0 Å². The van der Waals surface area contributed by atoms with E-state index in [1.807, 2.05) is 78.9 Å². The van der Waals surface area contributed by atoms with Crippen molar-refractivity contribution in [2.24, 2.45) is 0 Å². The molecule has 5 aromatic carbocycles. The molecular weight excluding hydrogens is 543 g/mol. The highest BCUT2D eigenvalue weighted by Gasteiger charge is 2.44. The third kappa shape index (κ3) is 6.37. The molecule has 0 saturated heterocycles. The first-order valence-corrected chi connectivity index (χ1v) is 14.7. The van der Waals surface area contributed by atoms with Gasteiger partial charge in [0.2, 0.25) is 0 Å². The van der Waals surface area contributed by atoms with Gasteiger partial charge in [-0.2, -0.15) is 0 Å². The van der Waals surface area contributed by atoms with Gasteiger partial charge in [0, 0.05) is 5.56 Å². The van der Waals surface area contributed by atoms with Crippen LogP contribution in [0.2, 0.25) is 5.02 Å². The Morgan fingerprint density at radius 3 is 1.75 bits per heavy atom. The van der Waals surface area contributed by atoms with E-state index < -0.39 is 13.4 Å². The molecule has 0 unspecified atom stereocenters. The summed E-state index contributed by atoms with van der Waals surface area (Å²) in [7, 11) is -4.99. The molecule has 0 aliphatic rings. The molecule has 202 valence electrons. The lowest BCUT2D eigenvalue weighted by Gasteiger charge is -2.36. The Morgan fingerprint density at radius 2 is 1.20 bits per heavy atom. The van der Waals surface area contributed by atoms with Gasteiger partial charge < -0.3 is 14.5 Å². The van der Waals surface area contributed by atoms with E-state index in [0.717, 1.165) is 22.4 Å². The van der Waals surface area contributed by atoms with Gasteiger partial charge in [-0.1, -0.05) is 133 Å². The maximum atomic E-state index is 12.4. The number of hydrogen-bond acceptors (Lipinski definition) is 3. The van der Waals surface area contributed by atoms with Crippen LogP contribution in [0.1, 0.15) is 33.4 Å². The fourth-order valence-corrected chi connectivity index (χ4v) is 5.80. The van der Waals surface area contributed by atoms with Crippen molar-refractivity contribution in [2.75, 3.05) is 0 Å². The summed E-state index contributed by atoms with van der Waals surface area (Å²) in [4.78, 5) is 20.2. The van der Waals surface area contributed by atoms with E-state index in [1.165, 1.54) is 0 Å². The number of phosphoric acid groups is 1. The van der Waals surface area contributed by atoms with Crippen LogP contribution >= 0.6 is 19.4 Å².